The van der Waals surface area contributed by atoms with Gasteiger partial charge in [0, 0.05) is 11.4 Å². The lowest BCUT2D eigenvalue weighted by atomic mass is 10.1. The summed E-state index contributed by atoms with van der Waals surface area (Å²) >= 11 is 5.85. The highest BCUT2D eigenvalue weighted by Gasteiger charge is 2.36. The van der Waals surface area contributed by atoms with Gasteiger partial charge in [0.15, 0.2) is 6.23 Å². The Hall–Kier alpha value is -1.26. The first-order chi connectivity index (χ1) is 7.75. The maximum absolute atomic E-state index is 12.1. The number of hydrogen-bond acceptors (Lipinski definition) is 3. The first-order valence-corrected chi connectivity index (χ1v) is 5.56. The molecule has 0 saturated carbocycles. The molecule has 1 aromatic carbocycles. The largest absolute Gasteiger partial charge is 0.467 e. The van der Waals surface area contributed by atoms with Gasteiger partial charge in [-0.3, -0.25) is 9.63 Å². The van der Waals surface area contributed by atoms with Crippen LogP contribution in [-0.4, -0.2) is 23.8 Å². The Labute approximate surface area is 97.7 Å². The number of rotatable bonds is 0. The molecule has 0 aliphatic carbocycles. The summed E-state index contributed by atoms with van der Waals surface area (Å²) in [7, 11) is 0. The predicted octanol–water partition coefficient (Wildman–Crippen LogP) is 2.23. The van der Waals surface area contributed by atoms with Crippen molar-refractivity contribution >= 4 is 17.5 Å². The third kappa shape index (κ3) is 1.45. The summed E-state index contributed by atoms with van der Waals surface area (Å²) in [6, 6.07) is 5.04. The van der Waals surface area contributed by atoms with Crippen molar-refractivity contribution in [2.75, 3.05) is 6.61 Å². The molecule has 0 bridgehead atoms. The highest BCUT2D eigenvalue weighted by Crippen LogP contribution is 2.33. The minimum Gasteiger partial charge on any atom is -0.467 e. The van der Waals surface area contributed by atoms with Gasteiger partial charge in [-0.1, -0.05) is 11.6 Å². The van der Waals surface area contributed by atoms with Gasteiger partial charge in [-0.2, -0.15) is 5.06 Å². The lowest BCUT2D eigenvalue weighted by molar-refractivity contribution is -0.224. The zero-order valence-electron chi connectivity index (χ0n) is 8.48. The van der Waals surface area contributed by atoms with Gasteiger partial charge < -0.3 is 4.74 Å². The number of halogens is 1. The van der Waals surface area contributed by atoms with Crippen molar-refractivity contribution in [1.82, 2.24) is 5.06 Å². The van der Waals surface area contributed by atoms with E-state index in [9.17, 15) is 4.79 Å². The molecule has 1 amide bonds. The van der Waals surface area contributed by atoms with Crippen molar-refractivity contribution in [2.45, 2.75) is 19.1 Å². The molecule has 2 aliphatic heterocycles. The summed E-state index contributed by atoms with van der Waals surface area (Å²) in [6.07, 6.45) is 1.40. The summed E-state index contributed by atoms with van der Waals surface area (Å²) in [5.74, 6) is 0.412. The van der Waals surface area contributed by atoms with E-state index in [0.717, 1.165) is 12.8 Å². The van der Waals surface area contributed by atoms with Crippen molar-refractivity contribution in [3.8, 4) is 5.75 Å². The molecule has 1 unspecified atom stereocenters. The van der Waals surface area contributed by atoms with E-state index in [1.54, 1.807) is 18.2 Å². The summed E-state index contributed by atoms with van der Waals surface area (Å²) < 4.78 is 5.68. The Morgan fingerprint density at radius 3 is 3.19 bits per heavy atom. The number of amides is 1. The second kappa shape index (κ2) is 3.64. The zero-order valence-corrected chi connectivity index (χ0v) is 9.24. The molecule has 0 spiro atoms. The van der Waals surface area contributed by atoms with Crippen molar-refractivity contribution in [2.24, 2.45) is 0 Å². The molecule has 0 aromatic heterocycles. The molecule has 16 heavy (non-hydrogen) atoms. The van der Waals surface area contributed by atoms with E-state index in [0.29, 0.717) is 22.9 Å². The van der Waals surface area contributed by atoms with Crippen LogP contribution in [0.15, 0.2) is 18.2 Å². The van der Waals surface area contributed by atoms with Crippen molar-refractivity contribution in [3.05, 3.63) is 28.8 Å². The molecular weight excluding hydrogens is 230 g/mol. The van der Waals surface area contributed by atoms with Crippen molar-refractivity contribution in [1.29, 1.82) is 0 Å². The molecule has 1 aromatic rings. The highest BCUT2D eigenvalue weighted by atomic mass is 35.5. The maximum atomic E-state index is 12.1. The second-order valence-corrected chi connectivity index (χ2v) is 4.26. The number of carbonyl (C=O) groups is 1. The normalized spacial score (nSPS) is 23.4. The summed E-state index contributed by atoms with van der Waals surface area (Å²) in [6.45, 7) is 0.557. The van der Waals surface area contributed by atoms with Crippen molar-refractivity contribution in [3.63, 3.8) is 0 Å². The number of hydrogen-bond donors (Lipinski definition) is 0. The number of ether oxygens (including phenoxy) is 1. The van der Waals surface area contributed by atoms with Crippen LogP contribution >= 0.6 is 11.6 Å². The Morgan fingerprint density at radius 2 is 2.31 bits per heavy atom. The van der Waals surface area contributed by atoms with Crippen LogP contribution in [0.3, 0.4) is 0 Å². The van der Waals surface area contributed by atoms with Gasteiger partial charge in [0.25, 0.3) is 5.91 Å². The van der Waals surface area contributed by atoms with Crippen molar-refractivity contribution < 1.29 is 14.4 Å². The Kier molecular flexibility index (Phi) is 2.26. The van der Waals surface area contributed by atoms with Crippen LogP contribution in [0.4, 0.5) is 0 Å². The second-order valence-electron chi connectivity index (χ2n) is 3.82. The average Bonchev–Trinajstić information content (AvgIpc) is 2.31. The fourth-order valence-corrected chi connectivity index (χ4v) is 2.13. The third-order valence-electron chi connectivity index (χ3n) is 2.72. The van der Waals surface area contributed by atoms with E-state index >= 15 is 0 Å². The minimum absolute atomic E-state index is 0.173. The molecular formula is C11H10ClNO3. The number of carbonyl (C=O) groups excluding carboxylic acids is 1. The Balaban J connectivity index is 2.03. The van der Waals surface area contributed by atoms with Crippen LogP contribution in [0.2, 0.25) is 5.02 Å². The van der Waals surface area contributed by atoms with Gasteiger partial charge >= 0.3 is 0 Å². The Morgan fingerprint density at radius 1 is 1.44 bits per heavy atom. The van der Waals surface area contributed by atoms with Crippen LogP contribution in [0.5, 0.6) is 5.75 Å². The number of hydroxylamine groups is 2. The van der Waals surface area contributed by atoms with E-state index in [-0.39, 0.29) is 12.1 Å². The van der Waals surface area contributed by atoms with Gasteiger partial charge in [-0.15, -0.1) is 0 Å². The molecule has 1 fully saturated rings. The SMILES string of the molecule is O=C1c2cc(Cl)ccc2OC2CCCON12. The van der Waals surface area contributed by atoms with E-state index in [2.05, 4.69) is 0 Å². The smallest absolute Gasteiger partial charge is 0.284 e. The first kappa shape index (κ1) is 9.93. The summed E-state index contributed by atoms with van der Waals surface area (Å²) in [4.78, 5) is 17.4. The molecule has 3 rings (SSSR count). The first-order valence-electron chi connectivity index (χ1n) is 5.18. The highest BCUT2D eigenvalue weighted by molar-refractivity contribution is 6.31. The number of fused-ring (bicyclic) bond motifs is 2. The van der Waals surface area contributed by atoms with Gasteiger partial charge in [0.2, 0.25) is 0 Å². The molecule has 2 aliphatic rings. The van der Waals surface area contributed by atoms with Crippen LogP contribution in [-0.2, 0) is 4.84 Å². The fourth-order valence-electron chi connectivity index (χ4n) is 1.95. The molecule has 84 valence electrons. The van der Waals surface area contributed by atoms with Crippen LogP contribution in [0, 0.1) is 0 Å². The van der Waals surface area contributed by atoms with E-state index < -0.39 is 0 Å². The molecule has 1 saturated heterocycles. The molecule has 5 heteroatoms. The average molecular weight is 240 g/mol. The minimum atomic E-state index is -0.296. The molecule has 1 atom stereocenters. The number of nitrogens with zero attached hydrogens (tertiary/aromatic N) is 1. The van der Waals surface area contributed by atoms with Gasteiger partial charge in [0.05, 0.1) is 12.2 Å². The fraction of sp³-hybridized carbons (Fsp3) is 0.364. The predicted molar refractivity (Wildman–Crippen MR) is 57.2 cm³/mol. The van der Waals surface area contributed by atoms with Gasteiger partial charge in [-0.05, 0) is 24.6 Å². The van der Waals surface area contributed by atoms with Gasteiger partial charge in [-0.25, -0.2) is 0 Å². The van der Waals surface area contributed by atoms with Gasteiger partial charge in [0.1, 0.15) is 5.75 Å². The Bertz CT molecular complexity index is 449. The molecule has 0 N–H and O–H groups in total. The topological polar surface area (TPSA) is 38.8 Å². The third-order valence-corrected chi connectivity index (χ3v) is 2.96. The monoisotopic (exact) mass is 239 g/mol. The number of benzene rings is 1. The molecule has 2 heterocycles. The van der Waals surface area contributed by atoms with Crippen LogP contribution in [0.25, 0.3) is 0 Å². The standard InChI is InChI=1S/C11H10ClNO3/c12-7-3-4-9-8(6-7)11(14)13-10(16-9)2-1-5-15-13/h3-4,6,10H,1-2,5H2. The summed E-state index contributed by atoms with van der Waals surface area (Å²) in [5, 5.41) is 1.83. The summed E-state index contributed by atoms with van der Waals surface area (Å²) in [5.41, 5.74) is 0.464. The van der Waals surface area contributed by atoms with Crippen LogP contribution < -0.4 is 4.74 Å². The van der Waals surface area contributed by atoms with Crippen LogP contribution in [0.1, 0.15) is 23.2 Å². The molecule has 4 nitrogen and oxygen atoms in total. The zero-order chi connectivity index (χ0) is 11.1. The lowest BCUT2D eigenvalue weighted by Crippen LogP contribution is -2.49. The lowest BCUT2D eigenvalue weighted by Gasteiger charge is -2.38. The quantitative estimate of drug-likeness (QED) is 0.697. The van der Waals surface area contributed by atoms with E-state index in [1.165, 1.54) is 5.06 Å². The maximum Gasteiger partial charge on any atom is 0.284 e. The van der Waals surface area contributed by atoms with E-state index in [1.807, 2.05) is 0 Å². The van der Waals surface area contributed by atoms with E-state index in [4.69, 9.17) is 21.2 Å². The molecule has 0 radical (unpaired) electrons.